The summed E-state index contributed by atoms with van der Waals surface area (Å²) in [6.07, 6.45) is 3.03. The lowest BCUT2D eigenvalue weighted by atomic mass is 10.2. The first kappa shape index (κ1) is 17.0. The lowest BCUT2D eigenvalue weighted by Crippen LogP contribution is -2.21. The fourth-order valence-corrected chi connectivity index (χ4v) is 2.54. The summed E-state index contributed by atoms with van der Waals surface area (Å²) in [7, 11) is 0. The van der Waals surface area contributed by atoms with Gasteiger partial charge in [0.25, 0.3) is 5.91 Å². The van der Waals surface area contributed by atoms with Gasteiger partial charge < -0.3 is 4.90 Å². The Bertz CT molecular complexity index is 622. The fourth-order valence-electron chi connectivity index (χ4n) is 1.97. The zero-order valence-electron chi connectivity index (χ0n) is 13.2. The molecule has 1 aromatic carbocycles. The lowest BCUT2D eigenvalue weighted by Gasteiger charge is -2.20. The molecule has 0 aliphatic carbocycles. The van der Waals surface area contributed by atoms with Gasteiger partial charge in [0, 0.05) is 18.8 Å². The van der Waals surface area contributed by atoms with Crippen molar-refractivity contribution in [2.24, 2.45) is 5.10 Å². The highest BCUT2D eigenvalue weighted by Crippen LogP contribution is 2.14. The van der Waals surface area contributed by atoms with Crippen LogP contribution in [0, 0.1) is 0 Å². The molecule has 1 aromatic heterocycles. The third kappa shape index (κ3) is 5.41. The van der Waals surface area contributed by atoms with Gasteiger partial charge in [0.1, 0.15) is 6.33 Å². The number of nitrogens with one attached hydrogen (secondary N) is 2. The second kappa shape index (κ2) is 8.94. The van der Waals surface area contributed by atoms with Gasteiger partial charge in [-0.25, -0.2) is 10.4 Å². The number of aromatic amines is 1. The fraction of sp³-hybridized carbons (Fsp3) is 0.333. The third-order valence-corrected chi connectivity index (χ3v) is 4.03. The summed E-state index contributed by atoms with van der Waals surface area (Å²) < 4.78 is 0. The zero-order chi connectivity index (χ0) is 16.5. The van der Waals surface area contributed by atoms with Crippen LogP contribution in [0.15, 0.2) is 40.9 Å². The van der Waals surface area contributed by atoms with E-state index in [0.29, 0.717) is 5.16 Å². The van der Waals surface area contributed by atoms with E-state index in [0.717, 1.165) is 18.7 Å². The number of carbonyl (C=O) groups excluding carboxylic acids is 1. The van der Waals surface area contributed by atoms with Crippen LogP contribution in [0.25, 0.3) is 0 Å². The number of thioether (sulfide) groups is 1. The SMILES string of the molecule is CCN(CC)c1ccc(/C=N/NC(=O)CSc2ncn[nH]2)cc1. The molecular formula is C15H20N6OS. The second-order valence-electron chi connectivity index (χ2n) is 4.64. The number of aromatic nitrogens is 3. The molecule has 7 nitrogen and oxygen atoms in total. The molecule has 0 aliphatic rings. The van der Waals surface area contributed by atoms with Crippen LogP contribution in [-0.2, 0) is 4.79 Å². The number of anilines is 1. The Labute approximate surface area is 139 Å². The number of rotatable bonds is 8. The summed E-state index contributed by atoms with van der Waals surface area (Å²) in [4.78, 5) is 17.8. The summed E-state index contributed by atoms with van der Waals surface area (Å²) in [6.45, 7) is 6.21. The third-order valence-electron chi connectivity index (χ3n) is 3.16. The highest BCUT2D eigenvalue weighted by Gasteiger charge is 2.03. The Hall–Kier alpha value is -2.35. The van der Waals surface area contributed by atoms with Crippen molar-refractivity contribution < 1.29 is 4.79 Å². The molecule has 0 spiro atoms. The number of hydrogen-bond donors (Lipinski definition) is 2. The average Bonchev–Trinajstić information content (AvgIpc) is 3.09. The van der Waals surface area contributed by atoms with Gasteiger partial charge in [-0.3, -0.25) is 9.89 Å². The molecule has 2 aromatic rings. The molecule has 8 heteroatoms. The van der Waals surface area contributed by atoms with Gasteiger partial charge in [-0.2, -0.15) is 10.2 Å². The van der Waals surface area contributed by atoms with Crippen LogP contribution in [-0.4, -0.2) is 46.1 Å². The van der Waals surface area contributed by atoms with Crippen molar-refractivity contribution in [3.05, 3.63) is 36.2 Å². The standard InChI is InChI=1S/C15H20N6OS/c1-3-21(4-2)13-7-5-12(6-8-13)9-17-19-14(22)10-23-15-16-11-18-20-15/h5-9,11H,3-4,10H2,1-2H3,(H,19,22)(H,16,18,20)/b17-9+. The molecule has 2 rings (SSSR count). The van der Waals surface area contributed by atoms with E-state index in [1.807, 2.05) is 12.1 Å². The van der Waals surface area contributed by atoms with Gasteiger partial charge in [0.05, 0.1) is 12.0 Å². The quantitative estimate of drug-likeness (QED) is 0.438. The maximum atomic E-state index is 11.6. The Kier molecular flexibility index (Phi) is 6.61. The molecule has 122 valence electrons. The van der Waals surface area contributed by atoms with Crippen LogP contribution in [0.1, 0.15) is 19.4 Å². The number of hydrazone groups is 1. The predicted octanol–water partition coefficient (Wildman–Crippen LogP) is 1.89. The van der Waals surface area contributed by atoms with E-state index in [-0.39, 0.29) is 11.7 Å². The smallest absolute Gasteiger partial charge is 0.250 e. The van der Waals surface area contributed by atoms with Crippen molar-refractivity contribution >= 4 is 29.6 Å². The summed E-state index contributed by atoms with van der Waals surface area (Å²) in [6, 6.07) is 8.06. The molecule has 0 atom stereocenters. The minimum absolute atomic E-state index is 0.192. The van der Waals surface area contributed by atoms with Crippen molar-refractivity contribution in [1.82, 2.24) is 20.6 Å². The van der Waals surface area contributed by atoms with Crippen LogP contribution in [0.5, 0.6) is 0 Å². The maximum Gasteiger partial charge on any atom is 0.250 e. The lowest BCUT2D eigenvalue weighted by molar-refractivity contribution is -0.118. The molecular weight excluding hydrogens is 312 g/mol. The Balaban J connectivity index is 1.79. The van der Waals surface area contributed by atoms with E-state index in [2.05, 4.69) is 56.6 Å². The number of nitrogens with zero attached hydrogens (tertiary/aromatic N) is 4. The van der Waals surface area contributed by atoms with E-state index < -0.39 is 0 Å². The molecule has 2 N–H and O–H groups in total. The van der Waals surface area contributed by atoms with Crippen LogP contribution in [0.3, 0.4) is 0 Å². The van der Waals surface area contributed by atoms with Crippen molar-refractivity contribution in [3.8, 4) is 0 Å². The molecule has 0 aliphatic heterocycles. The van der Waals surface area contributed by atoms with Crippen molar-refractivity contribution in [3.63, 3.8) is 0 Å². The average molecular weight is 332 g/mol. The van der Waals surface area contributed by atoms with Crippen LogP contribution in [0.2, 0.25) is 0 Å². The Morgan fingerprint density at radius 2 is 2.09 bits per heavy atom. The van der Waals surface area contributed by atoms with E-state index in [1.54, 1.807) is 6.21 Å². The highest BCUT2D eigenvalue weighted by atomic mass is 32.2. The number of carbonyl (C=O) groups is 1. The van der Waals surface area contributed by atoms with E-state index >= 15 is 0 Å². The normalized spacial score (nSPS) is 10.9. The summed E-state index contributed by atoms with van der Waals surface area (Å²) in [5, 5.41) is 11.0. The van der Waals surface area contributed by atoms with E-state index in [9.17, 15) is 4.79 Å². The first-order valence-corrected chi connectivity index (χ1v) is 8.36. The maximum absolute atomic E-state index is 11.6. The number of benzene rings is 1. The van der Waals surface area contributed by atoms with E-state index in [4.69, 9.17) is 0 Å². The summed E-state index contributed by atoms with van der Waals surface area (Å²) in [5.74, 6) is 0.0374. The monoisotopic (exact) mass is 332 g/mol. The first-order chi connectivity index (χ1) is 11.2. The van der Waals surface area contributed by atoms with Gasteiger partial charge >= 0.3 is 0 Å². The van der Waals surface area contributed by atoms with Gasteiger partial charge in [0.2, 0.25) is 0 Å². The molecule has 1 heterocycles. The molecule has 0 saturated heterocycles. The summed E-state index contributed by atoms with van der Waals surface area (Å²) in [5.41, 5.74) is 4.61. The minimum atomic E-state index is -0.192. The number of H-pyrrole nitrogens is 1. The zero-order valence-corrected chi connectivity index (χ0v) is 14.0. The molecule has 1 amide bonds. The van der Waals surface area contributed by atoms with Gasteiger partial charge in [-0.05, 0) is 31.5 Å². The Morgan fingerprint density at radius 1 is 1.35 bits per heavy atom. The molecule has 0 fully saturated rings. The Morgan fingerprint density at radius 3 is 2.70 bits per heavy atom. The van der Waals surface area contributed by atoms with Gasteiger partial charge in [-0.1, -0.05) is 23.9 Å². The predicted molar refractivity (Wildman–Crippen MR) is 92.8 cm³/mol. The summed E-state index contributed by atoms with van der Waals surface area (Å²) >= 11 is 1.27. The molecule has 0 unspecified atom stereocenters. The van der Waals surface area contributed by atoms with E-state index in [1.165, 1.54) is 23.8 Å². The van der Waals surface area contributed by atoms with Crippen LogP contribution < -0.4 is 10.3 Å². The van der Waals surface area contributed by atoms with Gasteiger partial charge in [-0.15, -0.1) is 0 Å². The van der Waals surface area contributed by atoms with Crippen LogP contribution in [0.4, 0.5) is 5.69 Å². The van der Waals surface area contributed by atoms with Crippen LogP contribution >= 0.6 is 11.8 Å². The number of amides is 1. The van der Waals surface area contributed by atoms with Gasteiger partial charge in [0.15, 0.2) is 5.16 Å². The number of hydrogen-bond acceptors (Lipinski definition) is 6. The minimum Gasteiger partial charge on any atom is -0.372 e. The first-order valence-electron chi connectivity index (χ1n) is 7.38. The molecule has 0 saturated carbocycles. The highest BCUT2D eigenvalue weighted by molar-refractivity contribution is 7.99. The largest absolute Gasteiger partial charge is 0.372 e. The molecule has 23 heavy (non-hydrogen) atoms. The van der Waals surface area contributed by atoms with Crippen molar-refractivity contribution in [2.75, 3.05) is 23.7 Å². The van der Waals surface area contributed by atoms with Crippen molar-refractivity contribution in [2.45, 2.75) is 19.0 Å². The molecule has 0 radical (unpaired) electrons. The topological polar surface area (TPSA) is 86.3 Å². The van der Waals surface area contributed by atoms with Crippen molar-refractivity contribution in [1.29, 1.82) is 0 Å². The molecule has 0 bridgehead atoms. The second-order valence-corrected chi connectivity index (χ2v) is 5.60.